The van der Waals surface area contributed by atoms with E-state index in [9.17, 15) is 4.79 Å². The number of amides is 1. The second kappa shape index (κ2) is 5.45. The molecule has 0 radical (unpaired) electrons. The Morgan fingerprint density at radius 3 is 2.10 bits per heavy atom. The quantitative estimate of drug-likeness (QED) is 0.834. The van der Waals surface area contributed by atoms with Crippen molar-refractivity contribution in [1.29, 1.82) is 0 Å². The number of piperidine rings is 1. The molecule has 0 spiro atoms. The largest absolute Gasteiger partial charge is 0.381 e. The molecule has 0 aromatic heterocycles. The van der Waals surface area contributed by atoms with Crippen LogP contribution < -0.4 is 0 Å². The number of carbonyl (C=O) groups excluding carboxylic acids is 1. The van der Waals surface area contributed by atoms with Gasteiger partial charge in [0, 0.05) is 24.8 Å². The lowest BCUT2D eigenvalue weighted by Gasteiger charge is -2.39. The van der Waals surface area contributed by atoms with Gasteiger partial charge in [0.05, 0.1) is 6.10 Å². The normalized spacial score (nSPS) is 28.0. The van der Waals surface area contributed by atoms with Crippen molar-refractivity contribution in [1.82, 2.24) is 4.90 Å². The van der Waals surface area contributed by atoms with E-state index in [1.165, 1.54) is 5.56 Å². The lowest BCUT2D eigenvalue weighted by molar-refractivity contribution is 0.00816. The summed E-state index contributed by atoms with van der Waals surface area (Å²) in [4.78, 5) is 15.2. The number of aryl methyl sites for hydroxylation is 3. The first-order valence-corrected chi connectivity index (χ1v) is 7.94. The molecule has 0 aliphatic carbocycles. The smallest absolute Gasteiger partial charge is 0.254 e. The molecule has 0 saturated carbocycles. The Hall–Kier alpha value is -1.35. The molecule has 2 heterocycles. The van der Waals surface area contributed by atoms with Gasteiger partial charge >= 0.3 is 0 Å². The molecule has 21 heavy (non-hydrogen) atoms. The minimum absolute atomic E-state index is 0.229. The third kappa shape index (κ3) is 2.48. The molecule has 2 aliphatic rings. The highest BCUT2D eigenvalue weighted by Gasteiger charge is 2.43. The van der Waals surface area contributed by atoms with Crippen LogP contribution in [-0.4, -0.2) is 36.1 Å². The number of carbonyl (C=O) groups is 1. The number of fused-ring (bicyclic) bond motifs is 2. The summed E-state index contributed by atoms with van der Waals surface area (Å²) in [5.74, 6) is 0.229. The molecule has 1 amide bonds. The van der Waals surface area contributed by atoms with Crippen molar-refractivity contribution in [3.63, 3.8) is 0 Å². The Morgan fingerprint density at radius 1 is 1.10 bits per heavy atom. The summed E-state index contributed by atoms with van der Waals surface area (Å²) in [6.45, 7) is 6.19. The van der Waals surface area contributed by atoms with E-state index in [0.717, 1.165) is 42.4 Å². The highest BCUT2D eigenvalue weighted by Crippen LogP contribution is 2.38. The molecule has 3 rings (SSSR count). The molecule has 2 unspecified atom stereocenters. The average molecular weight is 287 g/mol. The van der Waals surface area contributed by atoms with Crippen molar-refractivity contribution >= 4 is 5.91 Å². The fraction of sp³-hybridized carbons (Fsp3) is 0.611. The minimum atomic E-state index is 0.229. The average Bonchev–Trinajstić information content (AvgIpc) is 2.68. The number of ether oxygens (including phenoxy) is 1. The zero-order valence-electron chi connectivity index (χ0n) is 13.5. The zero-order valence-corrected chi connectivity index (χ0v) is 13.5. The predicted molar refractivity (Wildman–Crippen MR) is 83.7 cm³/mol. The van der Waals surface area contributed by atoms with Crippen molar-refractivity contribution < 1.29 is 9.53 Å². The maximum atomic E-state index is 13.1. The van der Waals surface area contributed by atoms with Crippen LogP contribution in [0.2, 0.25) is 0 Å². The number of hydrogen-bond donors (Lipinski definition) is 0. The van der Waals surface area contributed by atoms with E-state index in [2.05, 4.69) is 37.8 Å². The van der Waals surface area contributed by atoms with Gasteiger partial charge in [0.25, 0.3) is 5.91 Å². The number of rotatable bonds is 2. The van der Waals surface area contributed by atoms with Crippen molar-refractivity contribution in [2.24, 2.45) is 0 Å². The van der Waals surface area contributed by atoms with Gasteiger partial charge in [-0.25, -0.2) is 0 Å². The van der Waals surface area contributed by atoms with E-state index in [-0.39, 0.29) is 5.91 Å². The van der Waals surface area contributed by atoms with Crippen LogP contribution in [0, 0.1) is 20.8 Å². The van der Waals surface area contributed by atoms with Crippen LogP contribution >= 0.6 is 0 Å². The van der Waals surface area contributed by atoms with Crippen LogP contribution in [0.25, 0.3) is 0 Å². The van der Waals surface area contributed by atoms with Crippen LogP contribution in [0.1, 0.15) is 52.7 Å². The van der Waals surface area contributed by atoms with Gasteiger partial charge in [0.15, 0.2) is 0 Å². The molecule has 2 aliphatic heterocycles. The highest BCUT2D eigenvalue weighted by molar-refractivity contribution is 5.97. The van der Waals surface area contributed by atoms with Crippen LogP contribution in [0.15, 0.2) is 12.1 Å². The molecule has 2 bridgehead atoms. The van der Waals surface area contributed by atoms with Gasteiger partial charge in [-0.3, -0.25) is 4.79 Å². The van der Waals surface area contributed by atoms with Gasteiger partial charge < -0.3 is 9.64 Å². The number of methoxy groups -OCH3 is 1. The van der Waals surface area contributed by atoms with Crippen molar-refractivity contribution in [2.45, 2.75) is 64.6 Å². The van der Waals surface area contributed by atoms with Gasteiger partial charge in [-0.15, -0.1) is 0 Å². The Morgan fingerprint density at radius 2 is 1.62 bits per heavy atom. The first kappa shape index (κ1) is 14.6. The lowest BCUT2D eigenvalue weighted by atomic mass is 9.94. The molecule has 1 aromatic carbocycles. The third-order valence-corrected chi connectivity index (χ3v) is 5.15. The standard InChI is InChI=1S/C18H25NO2/c1-11-7-12(2)17(13(3)8-11)18(20)19-14-5-6-15(19)10-16(9-14)21-4/h7-8,14-16H,5-6,9-10H2,1-4H3. The van der Waals surface area contributed by atoms with Gasteiger partial charge in [-0.05, 0) is 57.6 Å². The van der Waals surface area contributed by atoms with Gasteiger partial charge in [-0.2, -0.15) is 0 Å². The SMILES string of the molecule is COC1CC2CCC(C1)N2C(=O)c1c(C)cc(C)cc1C. The van der Waals surface area contributed by atoms with Crippen LogP contribution in [-0.2, 0) is 4.74 Å². The van der Waals surface area contributed by atoms with E-state index in [0.29, 0.717) is 18.2 Å². The number of hydrogen-bond acceptors (Lipinski definition) is 2. The van der Waals surface area contributed by atoms with E-state index < -0.39 is 0 Å². The second-order valence-corrected chi connectivity index (χ2v) is 6.70. The van der Waals surface area contributed by atoms with Crippen molar-refractivity contribution in [3.05, 3.63) is 34.4 Å². The first-order valence-electron chi connectivity index (χ1n) is 7.94. The fourth-order valence-corrected chi connectivity index (χ4v) is 4.30. The predicted octanol–water partition coefficient (Wildman–Crippen LogP) is 3.39. The van der Waals surface area contributed by atoms with Crippen molar-refractivity contribution in [3.8, 4) is 0 Å². The molecular formula is C18H25NO2. The topological polar surface area (TPSA) is 29.5 Å². The van der Waals surface area contributed by atoms with E-state index in [1.54, 1.807) is 7.11 Å². The Kier molecular flexibility index (Phi) is 3.78. The fourth-order valence-electron chi connectivity index (χ4n) is 4.30. The summed E-state index contributed by atoms with van der Waals surface area (Å²) in [6.07, 6.45) is 4.55. The number of benzene rings is 1. The Balaban J connectivity index is 1.90. The molecular weight excluding hydrogens is 262 g/mol. The van der Waals surface area contributed by atoms with E-state index in [1.807, 2.05) is 0 Å². The Bertz CT molecular complexity index is 529. The molecule has 2 saturated heterocycles. The Labute approximate surface area is 127 Å². The van der Waals surface area contributed by atoms with Crippen molar-refractivity contribution in [2.75, 3.05) is 7.11 Å². The number of nitrogens with zero attached hydrogens (tertiary/aromatic N) is 1. The molecule has 3 heteroatoms. The molecule has 2 fully saturated rings. The summed E-state index contributed by atoms with van der Waals surface area (Å²) in [7, 11) is 1.79. The first-order chi connectivity index (χ1) is 10.0. The second-order valence-electron chi connectivity index (χ2n) is 6.70. The summed E-state index contributed by atoms with van der Waals surface area (Å²) in [5, 5.41) is 0. The van der Waals surface area contributed by atoms with E-state index >= 15 is 0 Å². The molecule has 3 nitrogen and oxygen atoms in total. The van der Waals surface area contributed by atoms with Gasteiger partial charge in [0.2, 0.25) is 0 Å². The monoisotopic (exact) mass is 287 g/mol. The highest BCUT2D eigenvalue weighted by atomic mass is 16.5. The summed E-state index contributed by atoms with van der Waals surface area (Å²) >= 11 is 0. The summed E-state index contributed by atoms with van der Waals surface area (Å²) in [5.41, 5.74) is 4.34. The molecule has 1 aromatic rings. The van der Waals surface area contributed by atoms with E-state index in [4.69, 9.17) is 4.74 Å². The summed E-state index contributed by atoms with van der Waals surface area (Å²) < 4.78 is 5.53. The molecule has 0 N–H and O–H groups in total. The van der Waals surface area contributed by atoms with Crippen LogP contribution in [0.4, 0.5) is 0 Å². The lowest BCUT2D eigenvalue weighted by Crippen LogP contribution is -2.48. The maximum absolute atomic E-state index is 13.1. The zero-order chi connectivity index (χ0) is 15.1. The minimum Gasteiger partial charge on any atom is -0.381 e. The van der Waals surface area contributed by atoms with Crippen LogP contribution in [0.3, 0.4) is 0 Å². The molecule has 2 atom stereocenters. The maximum Gasteiger partial charge on any atom is 0.254 e. The summed E-state index contributed by atoms with van der Waals surface area (Å²) in [6, 6.07) is 4.95. The van der Waals surface area contributed by atoms with Gasteiger partial charge in [0.1, 0.15) is 0 Å². The third-order valence-electron chi connectivity index (χ3n) is 5.15. The molecule has 114 valence electrons. The van der Waals surface area contributed by atoms with Crippen LogP contribution in [0.5, 0.6) is 0 Å². The van der Waals surface area contributed by atoms with Gasteiger partial charge in [-0.1, -0.05) is 17.7 Å².